The molecule has 0 radical (unpaired) electrons. The SMILES string of the molecule is CCC(C)OP(=O)(O)CCC1CCN(c2cc(C)nc3c2c(C)cn3-c2c(C)cc(Br)cc2C)CC1. The Morgan fingerprint density at radius 2 is 1.78 bits per heavy atom. The van der Waals surface area contributed by atoms with Gasteiger partial charge < -0.3 is 18.9 Å². The molecule has 0 spiro atoms. The van der Waals surface area contributed by atoms with Crippen molar-refractivity contribution in [1.82, 2.24) is 9.55 Å². The first kappa shape index (κ1) is 27.4. The second-order valence-electron chi connectivity index (χ2n) is 10.5. The van der Waals surface area contributed by atoms with Gasteiger partial charge in [-0.3, -0.25) is 4.57 Å². The third-order valence-electron chi connectivity index (χ3n) is 7.44. The number of aromatic nitrogens is 2. The molecule has 1 aliphatic rings. The second kappa shape index (κ2) is 11.0. The van der Waals surface area contributed by atoms with Gasteiger partial charge in [0.25, 0.3) is 0 Å². The lowest BCUT2D eigenvalue weighted by Gasteiger charge is -2.34. The minimum atomic E-state index is -3.52. The van der Waals surface area contributed by atoms with E-state index in [1.807, 2.05) is 13.8 Å². The molecule has 3 heterocycles. The minimum Gasteiger partial charge on any atom is -0.371 e. The van der Waals surface area contributed by atoms with Crippen molar-refractivity contribution in [2.45, 2.75) is 73.3 Å². The number of pyridine rings is 1. The average Bonchev–Trinajstić information content (AvgIpc) is 3.12. The Hall–Kier alpha value is -1.66. The molecular weight excluding hydrogens is 537 g/mol. The van der Waals surface area contributed by atoms with E-state index in [4.69, 9.17) is 9.51 Å². The van der Waals surface area contributed by atoms with Gasteiger partial charge in [0.2, 0.25) is 0 Å². The number of anilines is 1. The Balaban J connectivity index is 1.55. The normalized spacial score (nSPS) is 17.5. The van der Waals surface area contributed by atoms with Gasteiger partial charge in [-0.15, -0.1) is 0 Å². The van der Waals surface area contributed by atoms with Gasteiger partial charge >= 0.3 is 7.60 Å². The molecule has 8 heteroatoms. The summed E-state index contributed by atoms with van der Waals surface area (Å²) >= 11 is 3.62. The van der Waals surface area contributed by atoms with Crippen molar-refractivity contribution in [3.05, 3.63) is 51.3 Å². The lowest BCUT2D eigenvalue weighted by molar-refractivity contribution is 0.184. The maximum absolute atomic E-state index is 12.4. The molecule has 1 N–H and O–H groups in total. The van der Waals surface area contributed by atoms with E-state index in [1.165, 1.54) is 33.5 Å². The quantitative estimate of drug-likeness (QED) is 0.280. The zero-order valence-corrected chi connectivity index (χ0v) is 24.8. The molecule has 2 atom stereocenters. The van der Waals surface area contributed by atoms with Crippen molar-refractivity contribution < 1.29 is 14.0 Å². The summed E-state index contributed by atoms with van der Waals surface area (Å²) in [5.41, 5.74) is 8.08. The molecule has 1 aromatic carbocycles. The number of rotatable bonds is 8. The summed E-state index contributed by atoms with van der Waals surface area (Å²) in [7, 11) is -3.52. The van der Waals surface area contributed by atoms with Crippen LogP contribution in [0.3, 0.4) is 0 Å². The summed E-state index contributed by atoms with van der Waals surface area (Å²) in [5.74, 6) is 0.444. The monoisotopic (exact) mass is 575 g/mol. The van der Waals surface area contributed by atoms with E-state index in [1.54, 1.807) is 0 Å². The largest absolute Gasteiger partial charge is 0.371 e. The first-order valence-electron chi connectivity index (χ1n) is 13.0. The highest BCUT2D eigenvalue weighted by Crippen LogP contribution is 2.46. The molecule has 2 unspecified atom stereocenters. The third-order valence-corrected chi connectivity index (χ3v) is 9.41. The Morgan fingerprint density at radius 3 is 2.39 bits per heavy atom. The van der Waals surface area contributed by atoms with Crippen molar-refractivity contribution in [2.75, 3.05) is 24.2 Å². The predicted molar refractivity (Wildman–Crippen MR) is 153 cm³/mol. The molecule has 0 amide bonds. The molecule has 196 valence electrons. The highest BCUT2D eigenvalue weighted by molar-refractivity contribution is 9.10. The van der Waals surface area contributed by atoms with E-state index in [9.17, 15) is 9.46 Å². The predicted octanol–water partition coefficient (Wildman–Crippen LogP) is 7.63. The zero-order chi connectivity index (χ0) is 26.2. The fourth-order valence-electron chi connectivity index (χ4n) is 5.43. The number of halogens is 1. The standard InChI is InChI=1S/C28H39BrN3O3P/c1-7-22(6)35-36(33,34)13-10-23-8-11-31(12-9-23)25-16-21(5)30-28-26(25)20(4)17-32(28)27-18(2)14-24(29)15-19(27)3/h14-17,22-23H,7-13H2,1-6H3,(H,33,34). The van der Waals surface area contributed by atoms with Crippen LogP contribution in [0.15, 0.2) is 28.9 Å². The van der Waals surface area contributed by atoms with Crippen molar-refractivity contribution >= 4 is 40.2 Å². The minimum absolute atomic E-state index is 0.180. The van der Waals surface area contributed by atoms with Gasteiger partial charge in [0, 0.05) is 40.5 Å². The Bertz CT molecular complexity index is 1270. The molecule has 0 aliphatic carbocycles. The molecule has 3 aromatic rings. The summed E-state index contributed by atoms with van der Waals surface area (Å²) < 4.78 is 21.2. The van der Waals surface area contributed by atoms with Crippen LogP contribution in [0, 0.1) is 33.6 Å². The van der Waals surface area contributed by atoms with E-state index in [0.717, 1.165) is 54.6 Å². The van der Waals surface area contributed by atoms with E-state index in [-0.39, 0.29) is 12.3 Å². The van der Waals surface area contributed by atoms with Gasteiger partial charge in [-0.25, -0.2) is 4.98 Å². The summed E-state index contributed by atoms with van der Waals surface area (Å²) in [4.78, 5) is 17.7. The van der Waals surface area contributed by atoms with E-state index in [0.29, 0.717) is 5.92 Å². The fraction of sp³-hybridized carbons (Fsp3) is 0.536. The summed E-state index contributed by atoms with van der Waals surface area (Å²) in [6, 6.07) is 6.53. The molecule has 1 saturated heterocycles. The Labute approximate surface area is 223 Å². The molecule has 0 saturated carbocycles. The first-order valence-corrected chi connectivity index (χ1v) is 15.6. The van der Waals surface area contributed by atoms with Crippen LogP contribution in [-0.2, 0) is 9.09 Å². The van der Waals surface area contributed by atoms with Crippen LogP contribution in [0.25, 0.3) is 16.7 Å². The first-order chi connectivity index (χ1) is 17.0. The highest BCUT2D eigenvalue weighted by Gasteiger charge is 2.27. The van der Waals surface area contributed by atoms with E-state index < -0.39 is 7.60 Å². The number of fused-ring (bicyclic) bond motifs is 1. The van der Waals surface area contributed by atoms with Crippen LogP contribution in [-0.4, -0.2) is 39.8 Å². The zero-order valence-electron chi connectivity index (χ0n) is 22.3. The maximum Gasteiger partial charge on any atom is 0.328 e. The van der Waals surface area contributed by atoms with Crippen LogP contribution in [0.4, 0.5) is 5.69 Å². The molecule has 1 fully saturated rings. The molecule has 6 nitrogen and oxygen atoms in total. The van der Waals surface area contributed by atoms with Gasteiger partial charge in [-0.1, -0.05) is 22.9 Å². The molecule has 4 rings (SSSR count). The average molecular weight is 577 g/mol. The summed E-state index contributed by atoms with van der Waals surface area (Å²) in [6.45, 7) is 14.2. The van der Waals surface area contributed by atoms with E-state index >= 15 is 0 Å². The van der Waals surface area contributed by atoms with E-state index in [2.05, 4.69) is 77.5 Å². The second-order valence-corrected chi connectivity index (χ2v) is 13.3. The maximum atomic E-state index is 12.4. The molecule has 0 bridgehead atoms. The van der Waals surface area contributed by atoms with Crippen molar-refractivity contribution in [2.24, 2.45) is 5.92 Å². The van der Waals surface area contributed by atoms with Gasteiger partial charge in [0.1, 0.15) is 5.65 Å². The van der Waals surface area contributed by atoms with Crippen LogP contribution < -0.4 is 4.90 Å². The molecule has 1 aliphatic heterocycles. The number of nitrogens with zero attached hydrogens (tertiary/aromatic N) is 3. The van der Waals surface area contributed by atoms with Crippen molar-refractivity contribution in [3.63, 3.8) is 0 Å². The summed E-state index contributed by atoms with van der Waals surface area (Å²) in [6.07, 6.45) is 5.78. The number of hydrogen-bond acceptors (Lipinski definition) is 4. The molecule has 2 aromatic heterocycles. The van der Waals surface area contributed by atoms with Gasteiger partial charge in [0.15, 0.2) is 0 Å². The third kappa shape index (κ3) is 5.91. The Morgan fingerprint density at radius 1 is 1.14 bits per heavy atom. The highest BCUT2D eigenvalue weighted by atomic mass is 79.9. The van der Waals surface area contributed by atoms with Crippen molar-refractivity contribution in [1.29, 1.82) is 0 Å². The number of aryl methyl sites for hydroxylation is 4. The molecular formula is C28H39BrN3O3P. The van der Waals surface area contributed by atoms with Crippen LogP contribution in [0.2, 0.25) is 0 Å². The lowest BCUT2D eigenvalue weighted by atomic mass is 9.93. The van der Waals surface area contributed by atoms with Crippen LogP contribution >= 0.6 is 23.5 Å². The van der Waals surface area contributed by atoms with Gasteiger partial charge in [0.05, 0.1) is 18.0 Å². The fourth-order valence-corrected chi connectivity index (χ4v) is 7.63. The topological polar surface area (TPSA) is 67.6 Å². The van der Waals surface area contributed by atoms with Gasteiger partial charge in [-0.2, -0.15) is 0 Å². The molecule has 36 heavy (non-hydrogen) atoms. The lowest BCUT2D eigenvalue weighted by Crippen LogP contribution is -2.34. The van der Waals surface area contributed by atoms with Crippen LogP contribution in [0.5, 0.6) is 0 Å². The summed E-state index contributed by atoms with van der Waals surface area (Å²) in [5, 5.41) is 1.21. The Kier molecular flexibility index (Phi) is 8.35. The smallest absolute Gasteiger partial charge is 0.328 e. The van der Waals surface area contributed by atoms with Crippen LogP contribution in [0.1, 0.15) is 61.9 Å². The van der Waals surface area contributed by atoms with Gasteiger partial charge in [-0.05, 0) is 101 Å². The van der Waals surface area contributed by atoms with Crippen molar-refractivity contribution in [3.8, 4) is 5.69 Å². The number of hydrogen-bond donors (Lipinski definition) is 1. The number of benzene rings is 1. The number of piperidine rings is 1.